The van der Waals surface area contributed by atoms with E-state index in [1.807, 2.05) is 48.5 Å². The van der Waals surface area contributed by atoms with Gasteiger partial charge in [0.15, 0.2) is 0 Å². The molecule has 1 aliphatic rings. The van der Waals surface area contributed by atoms with Gasteiger partial charge in [-0.2, -0.15) is 0 Å². The average molecular weight is 421 g/mol. The van der Waals surface area contributed by atoms with Gasteiger partial charge in [0.1, 0.15) is 0 Å². The molecule has 4 rings (SSSR count). The molecule has 5 nitrogen and oxygen atoms in total. The smallest absolute Gasteiger partial charge is 0.253 e. The molecule has 1 N–H and O–H groups in total. The van der Waals surface area contributed by atoms with Crippen LogP contribution in [0.4, 0.5) is 0 Å². The number of nitrogens with one attached hydrogen (secondary N) is 1. The van der Waals surface area contributed by atoms with Gasteiger partial charge in [-0.25, -0.2) is 0 Å². The van der Waals surface area contributed by atoms with E-state index in [-0.39, 0.29) is 17.4 Å². The lowest BCUT2D eigenvalue weighted by molar-refractivity contribution is -0.134. The molecule has 0 spiro atoms. The summed E-state index contributed by atoms with van der Waals surface area (Å²) in [5, 5.41) is 2.91. The monoisotopic (exact) mass is 420 g/mol. The number of carbonyl (C=O) groups is 2. The maximum atomic E-state index is 12.3. The van der Waals surface area contributed by atoms with Crippen LogP contribution in [0.1, 0.15) is 35.4 Å². The molecule has 6 heteroatoms. The number of hydrogen-bond donors (Lipinski definition) is 1. The average Bonchev–Trinajstić information content (AvgIpc) is 2.73. The van der Waals surface area contributed by atoms with E-state index in [9.17, 15) is 14.4 Å². The highest BCUT2D eigenvalue weighted by Gasteiger charge is 2.30. The number of amides is 2. The third-order valence-electron chi connectivity index (χ3n) is 5.47. The fraction of sp³-hybridized carbons (Fsp3) is 0.208. The Kier molecular flexibility index (Phi) is 5.55. The molecule has 1 saturated heterocycles. The second kappa shape index (κ2) is 8.28. The first-order chi connectivity index (χ1) is 14.4. The highest BCUT2D eigenvalue weighted by Crippen LogP contribution is 2.37. The molecule has 2 aromatic carbocycles. The van der Waals surface area contributed by atoms with Crippen LogP contribution in [-0.2, 0) is 16.1 Å². The molecule has 1 atom stereocenters. The van der Waals surface area contributed by atoms with Crippen molar-refractivity contribution in [2.24, 2.45) is 0 Å². The minimum absolute atomic E-state index is 0.00145. The summed E-state index contributed by atoms with van der Waals surface area (Å²) in [4.78, 5) is 35.9. The van der Waals surface area contributed by atoms with Crippen LogP contribution in [0.3, 0.4) is 0 Å². The van der Waals surface area contributed by atoms with Crippen molar-refractivity contribution in [3.05, 3.63) is 92.9 Å². The van der Waals surface area contributed by atoms with Gasteiger partial charge in [0, 0.05) is 23.7 Å². The van der Waals surface area contributed by atoms with E-state index < -0.39 is 5.92 Å². The Morgan fingerprint density at radius 3 is 2.53 bits per heavy atom. The molecular formula is C24H21ClN2O3. The van der Waals surface area contributed by atoms with Gasteiger partial charge in [-0.05, 0) is 36.1 Å². The Hall–Kier alpha value is -3.18. The second-order valence-electron chi connectivity index (χ2n) is 7.53. The number of carbonyl (C=O) groups excluding carboxylic acids is 2. The van der Waals surface area contributed by atoms with Gasteiger partial charge in [0.05, 0.1) is 17.5 Å². The topological polar surface area (TPSA) is 68.2 Å². The van der Waals surface area contributed by atoms with Crippen molar-refractivity contribution in [1.29, 1.82) is 0 Å². The Morgan fingerprint density at radius 2 is 1.80 bits per heavy atom. The van der Waals surface area contributed by atoms with Crippen LogP contribution in [0, 0.1) is 6.92 Å². The van der Waals surface area contributed by atoms with Gasteiger partial charge in [0.25, 0.3) is 5.56 Å². The summed E-state index contributed by atoms with van der Waals surface area (Å²) in [7, 11) is 0. The summed E-state index contributed by atoms with van der Waals surface area (Å²) >= 11 is 6.68. The number of rotatable bonds is 4. The lowest BCUT2D eigenvalue weighted by Crippen LogP contribution is -2.39. The molecule has 30 heavy (non-hydrogen) atoms. The normalized spacial score (nSPS) is 16.4. The van der Waals surface area contributed by atoms with Crippen LogP contribution < -0.4 is 10.9 Å². The van der Waals surface area contributed by atoms with Crippen molar-refractivity contribution in [2.45, 2.75) is 32.2 Å². The lowest BCUT2D eigenvalue weighted by Gasteiger charge is -2.23. The summed E-state index contributed by atoms with van der Waals surface area (Å²) in [6, 6.07) is 17.2. The van der Waals surface area contributed by atoms with Crippen molar-refractivity contribution >= 4 is 23.4 Å². The van der Waals surface area contributed by atoms with Gasteiger partial charge in [-0.1, -0.05) is 60.1 Å². The zero-order chi connectivity index (χ0) is 21.3. The largest absolute Gasteiger partial charge is 0.311 e. The van der Waals surface area contributed by atoms with Crippen molar-refractivity contribution in [2.75, 3.05) is 0 Å². The standard InChI is InChI=1S/C24H21ClN2O3/c1-15-4-3-13-27(24(15)30)14-16-7-9-17(10-8-16)18-5-2-6-19(22(18)25)20-11-12-21(28)26-23(20)29/h2-10,13,20H,11-12,14H2,1H3,(H,26,28,29). The Balaban J connectivity index is 1.60. The van der Waals surface area contributed by atoms with Crippen LogP contribution in [0.5, 0.6) is 0 Å². The zero-order valence-electron chi connectivity index (χ0n) is 16.5. The van der Waals surface area contributed by atoms with Gasteiger partial charge >= 0.3 is 0 Å². The molecule has 1 aliphatic heterocycles. The third kappa shape index (κ3) is 3.94. The molecule has 1 fully saturated rings. The van der Waals surface area contributed by atoms with Crippen molar-refractivity contribution in [3.63, 3.8) is 0 Å². The Bertz CT molecular complexity index is 1180. The number of aryl methyl sites for hydroxylation is 1. The van der Waals surface area contributed by atoms with E-state index in [4.69, 9.17) is 11.6 Å². The number of nitrogens with zero attached hydrogens (tertiary/aromatic N) is 1. The van der Waals surface area contributed by atoms with E-state index in [1.54, 1.807) is 23.8 Å². The summed E-state index contributed by atoms with van der Waals surface area (Å²) in [6.45, 7) is 2.30. The quantitative estimate of drug-likeness (QED) is 0.647. The molecular weight excluding hydrogens is 400 g/mol. The summed E-state index contributed by atoms with van der Waals surface area (Å²) in [5.41, 5.74) is 4.21. The van der Waals surface area contributed by atoms with Crippen LogP contribution >= 0.6 is 11.6 Å². The Labute approximate surface area is 179 Å². The summed E-state index contributed by atoms with van der Waals surface area (Å²) in [5.74, 6) is -0.973. The highest BCUT2D eigenvalue weighted by atomic mass is 35.5. The first-order valence-corrected chi connectivity index (χ1v) is 10.2. The van der Waals surface area contributed by atoms with E-state index >= 15 is 0 Å². The molecule has 1 aromatic heterocycles. The van der Waals surface area contributed by atoms with Crippen LogP contribution in [0.2, 0.25) is 5.02 Å². The maximum absolute atomic E-state index is 12.3. The number of imide groups is 1. The van der Waals surface area contributed by atoms with Crippen molar-refractivity contribution in [1.82, 2.24) is 9.88 Å². The zero-order valence-corrected chi connectivity index (χ0v) is 17.3. The van der Waals surface area contributed by atoms with Gasteiger partial charge < -0.3 is 4.57 Å². The minimum Gasteiger partial charge on any atom is -0.311 e. The highest BCUT2D eigenvalue weighted by molar-refractivity contribution is 6.34. The number of hydrogen-bond acceptors (Lipinski definition) is 3. The number of pyridine rings is 1. The molecule has 2 amide bonds. The van der Waals surface area contributed by atoms with E-state index in [2.05, 4.69) is 5.32 Å². The minimum atomic E-state index is -0.428. The van der Waals surface area contributed by atoms with Crippen molar-refractivity contribution < 1.29 is 9.59 Å². The van der Waals surface area contributed by atoms with E-state index in [0.29, 0.717) is 30.0 Å². The first-order valence-electron chi connectivity index (χ1n) is 9.81. The molecule has 0 aliphatic carbocycles. The number of halogens is 1. The molecule has 2 heterocycles. The third-order valence-corrected chi connectivity index (χ3v) is 5.89. The molecule has 0 radical (unpaired) electrons. The molecule has 0 bridgehead atoms. The summed E-state index contributed by atoms with van der Waals surface area (Å²) in [6.07, 6.45) is 2.55. The predicted molar refractivity (Wildman–Crippen MR) is 117 cm³/mol. The van der Waals surface area contributed by atoms with E-state index in [1.165, 1.54) is 0 Å². The lowest BCUT2D eigenvalue weighted by atomic mass is 9.88. The van der Waals surface area contributed by atoms with Crippen LogP contribution in [0.25, 0.3) is 11.1 Å². The second-order valence-corrected chi connectivity index (χ2v) is 7.91. The fourth-order valence-electron chi connectivity index (χ4n) is 3.80. The molecule has 0 saturated carbocycles. The number of benzene rings is 2. The van der Waals surface area contributed by atoms with Crippen molar-refractivity contribution in [3.8, 4) is 11.1 Å². The summed E-state index contributed by atoms with van der Waals surface area (Å²) < 4.78 is 1.68. The predicted octanol–water partition coefficient (Wildman–Crippen LogP) is 4.05. The first kappa shape index (κ1) is 20.1. The maximum Gasteiger partial charge on any atom is 0.253 e. The molecule has 1 unspecified atom stereocenters. The van der Waals surface area contributed by atoms with Gasteiger partial charge in [-0.15, -0.1) is 0 Å². The molecule has 3 aromatic rings. The molecule has 152 valence electrons. The van der Waals surface area contributed by atoms with E-state index in [0.717, 1.165) is 22.3 Å². The van der Waals surface area contributed by atoms with Gasteiger partial charge in [0.2, 0.25) is 11.8 Å². The Morgan fingerprint density at radius 1 is 1.03 bits per heavy atom. The number of piperidine rings is 1. The van der Waals surface area contributed by atoms with Crippen LogP contribution in [-0.4, -0.2) is 16.4 Å². The van der Waals surface area contributed by atoms with Gasteiger partial charge in [-0.3, -0.25) is 19.7 Å². The SMILES string of the molecule is Cc1cccn(Cc2ccc(-c3cccc(C4CCC(=O)NC4=O)c3Cl)cc2)c1=O. The number of aromatic nitrogens is 1. The fourth-order valence-corrected chi connectivity index (χ4v) is 4.17. The van der Waals surface area contributed by atoms with Crippen LogP contribution in [0.15, 0.2) is 65.6 Å².